The van der Waals surface area contributed by atoms with Crippen molar-refractivity contribution in [3.63, 3.8) is 0 Å². The molecule has 0 N–H and O–H groups in total. The number of benzene rings is 1. The van der Waals surface area contributed by atoms with Gasteiger partial charge in [-0.05, 0) is 25.0 Å². The highest BCUT2D eigenvalue weighted by molar-refractivity contribution is 5.43. The van der Waals surface area contributed by atoms with Crippen molar-refractivity contribution in [3.8, 4) is 11.5 Å². The smallest absolute Gasteiger partial charge is 0.491 e. The van der Waals surface area contributed by atoms with Crippen LogP contribution in [0, 0.1) is 5.82 Å². The molecule has 18 heavy (non-hydrogen) atoms. The summed E-state index contributed by atoms with van der Waals surface area (Å²) in [5.41, 5.74) is 0.177. The summed E-state index contributed by atoms with van der Waals surface area (Å²) >= 11 is 0. The molecule has 0 aliphatic carbocycles. The molecule has 0 radical (unpaired) electrons. The lowest BCUT2D eigenvalue weighted by molar-refractivity contribution is -0.275. The van der Waals surface area contributed by atoms with Gasteiger partial charge in [0.15, 0.2) is 11.5 Å². The second-order valence-corrected chi connectivity index (χ2v) is 3.60. The van der Waals surface area contributed by atoms with Crippen molar-refractivity contribution in [2.75, 3.05) is 6.61 Å². The Bertz CT molecular complexity index is 402. The molecule has 0 aromatic heterocycles. The Balaban J connectivity index is 3.17. The summed E-state index contributed by atoms with van der Waals surface area (Å²) in [6, 6.07) is 2.70. The maximum Gasteiger partial charge on any atom is 0.573 e. The van der Waals surface area contributed by atoms with Gasteiger partial charge in [-0.2, -0.15) is 4.39 Å². The van der Waals surface area contributed by atoms with E-state index in [2.05, 4.69) is 4.74 Å². The maximum atomic E-state index is 13.8. The van der Waals surface area contributed by atoms with Gasteiger partial charge in [0, 0.05) is 0 Å². The molecule has 2 nitrogen and oxygen atoms in total. The summed E-state index contributed by atoms with van der Waals surface area (Å²) in [5, 5.41) is 0. The fourth-order valence-electron chi connectivity index (χ4n) is 1.54. The normalized spacial score (nSPS) is 11.4. The molecule has 0 saturated heterocycles. The summed E-state index contributed by atoms with van der Waals surface area (Å²) in [6.07, 6.45) is -4.04. The van der Waals surface area contributed by atoms with Gasteiger partial charge < -0.3 is 9.47 Å². The van der Waals surface area contributed by atoms with Crippen molar-refractivity contribution in [1.29, 1.82) is 0 Å². The van der Waals surface area contributed by atoms with E-state index in [1.807, 2.05) is 0 Å². The van der Waals surface area contributed by atoms with Crippen LogP contribution in [0.5, 0.6) is 11.5 Å². The molecule has 1 aromatic carbocycles. The molecule has 1 aromatic rings. The minimum Gasteiger partial charge on any atom is -0.491 e. The maximum absolute atomic E-state index is 13.8. The number of hydrogen-bond acceptors (Lipinski definition) is 2. The number of halogens is 4. The molecule has 0 aliphatic heterocycles. The second kappa shape index (κ2) is 5.93. The van der Waals surface area contributed by atoms with E-state index in [0.29, 0.717) is 12.8 Å². The van der Waals surface area contributed by atoms with Crippen LogP contribution in [-0.2, 0) is 6.42 Å². The highest BCUT2D eigenvalue weighted by atomic mass is 19.4. The van der Waals surface area contributed by atoms with Crippen molar-refractivity contribution < 1.29 is 27.0 Å². The van der Waals surface area contributed by atoms with Crippen molar-refractivity contribution in [1.82, 2.24) is 0 Å². The van der Waals surface area contributed by atoms with Gasteiger partial charge in [0.25, 0.3) is 0 Å². The summed E-state index contributed by atoms with van der Waals surface area (Å²) < 4.78 is 59.2. The fraction of sp³-hybridized carbons (Fsp3) is 0.500. The third-order valence-electron chi connectivity index (χ3n) is 2.18. The molecule has 102 valence electrons. The number of ether oxygens (including phenoxy) is 2. The zero-order valence-corrected chi connectivity index (χ0v) is 10.1. The van der Waals surface area contributed by atoms with Crippen LogP contribution in [-0.4, -0.2) is 13.0 Å². The molecule has 0 atom stereocenters. The molecule has 0 fully saturated rings. The number of aryl methyl sites for hydroxylation is 1. The average molecular weight is 266 g/mol. The van der Waals surface area contributed by atoms with E-state index in [-0.39, 0.29) is 17.9 Å². The second-order valence-electron chi connectivity index (χ2n) is 3.60. The first-order valence-electron chi connectivity index (χ1n) is 5.59. The fourth-order valence-corrected chi connectivity index (χ4v) is 1.54. The zero-order chi connectivity index (χ0) is 13.8. The van der Waals surface area contributed by atoms with Crippen LogP contribution in [0.25, 0.3) is 0 Å². The van der Waals surface area contributed by atoms with Crippen LogP contribution in [0.1, 0.15) is 25.8 Å². The van der Waals surface area contributed by atoms with Crippen molar-refractivity contribution in [2.45, 2.75) is 33.1 Å². The Morgan fingerprint density at radius 3 is 2.33 bits per heavy atom. The lowest BCUT2D eigenvalue weighted by Gasteiger charge is -2.15. The van der Waals surface area contributed by atoms with Crippen LogP contribution in [0.2, 0.25) is 0 Å². The SMILES string of the molecule is CCCc1ccc(OCC)c(F)c1OC(F)(F)F. The predicted molar refractivity (Wildman–Crippen MR) is 58.2 cm³/mol. The first-order chi connectivity index (χ1) is 8.39. The standard InChI is InChI=1S/C12H14F4O2/c1-3-5-8-6-7-9(17-4-2)10(13)11(8)18-12(14,15)16/h6-7H,3-5H2,1-2H3. The van der Waals surface area contributed by atoms with Gasteiger partial charge in [-0.3, -0.25) is 0 Å². The first-order valence-corrected chi connectivity index (χ1v) is 5.59. The number of hydrogen-bond donors (Lipinski definition) is 0. The lowest BCUT2D eigenvalue weighted by atomic mass is 10.1. The average Bonchev–Trinajstić information content (AvgIpc) is 2.26. The Hall–Kier alpha value is -1.46. The van der Waals surface area contributed by atoms with Gasteiger partial charge in [-0.15, -0.1) is 13.2 Å². The van der Waals surface area contributed by atoms with Crippen molar-refractivity contribution in [2.24, 2.45) is 0 Å². The molecule has 0 saturated carbocycles. The number of alkyl halides is 3. The van der Waals surface area contributed by atoms with Crippen LogP contribution in [0.3, 0.4) is 0 Å². The Morgan fingerprint density at radius 2 is 1.83 bits per heavy atom. The van der Waals surface area contributed by atoms with E-state index in [1.165, 1.54) is 12.1 Å². The summed E-state index contributed by atoms with van der Waals surface area (Å²) in [4.78, 5) is 0. The van der Waals surface area contributed by atoms with Crippen molar-refractivity contribution >= 4 is 0 Å². The quantitative estimate of drug-likeness (QED) is 0.748. The van der Waals surface area contributed by atoms with Crippen LogP contribution >= 0.6 is 0 Å². The minimum absolute atomic E-state index is 0.162. The largest absolute Gasteiger partial charge is 0.573 e. The van der Waals surface area contributed by atoms with E-state index >= 15 is 0 Å². The van der Waals surface area contributed by atoms with Gasteiger partial charge >= 0.3 is 6.36 Å². The van der Waals surface area contributed by atoms with Crippen LogP contribution in [0.15, 0.2) is 12.1 Å². The molecular weight excluding hydrogens is 252 g/mol. The minimum atomic E-state index is -4.92. The van der Waals surface area contributed by atoms with E-state index in [0.717, 1.165) is 0 Å². The molecule has 0 heterocycles. The molecular formula is C12H14F4O2. The summed E-state index contributed by atoms with van der Waals surface area (Å²) in [7, 11) is 0. The summed E-state index contributed by atoms with van der Waals surface area (Å²) in [5.74, 6) is -2.15. The zero-order valence-electron chi connectivity index (χ0n) is 10.1. The molecule has 0 bridgehead atoms. The molecule has 1 rings (SSSR count). The molecule has 6 heteroatoms. The Kier molecular flexibility index (Phi) is 4.81. The van der Waals surface area contributed by atoms with Gasteiger partial charge in [0.2, 0.25) is 5.82 Å². The Labute approximate surface area is 103 Å². The first kappa shape index (κ1) is 14.6. The highest BCUT2D eigenvalue weighted by Gasteiger charge is 2.34. The van der Waals surface area contributed by atoms with Crippen molar-refractivity contribution in [3.05, 3.63) is 23.5 Å². The topological polar surface area (TPSA) is 18.5 Å². The molecule has 0 unspecified atom stereocenters. The predicted octanol–water partition coefficient (Wildman–Crippen LogP) is 4.08. The third-order valence-corrected chi connectivity index (χ3v) is 2.18. The van der Waals surface area contributed by atoms with E-state index in [9.17, 15) is 17.6 Å². The molecule has 0 aliphatic rings. The van der Waals surface area contributed by atoms with Gasteiger partial charge in [0.1, 0.15) is 0 Å². The highest BCUT2D eigenvalue weighted by Crippen LogP contribution is 2.35. The monoisotopic (exact) mass is 266 g/mol. The third kappa shape index (κ3) is 3.78. The lowest BCUT2D eigenvalue weighted by Crippen LogP contribution is -2.19. The van der Waals surface area contributed by atoms with Gasteiger partial charge in [-0.25, -0.2) is 0 Å². The van der Waals surface area contributed by atoms with E-state index < -0.39 is 17.9 Å². The Morgan fingerprint density at radius 1 is 1.17 bits per heavy atom. The molecule has 0 amide bonds. The van der Waals surface area contributed by atoms with Gasteiger partial charge in [-0.1, -0.05) is 19.4 Å². The molecule has 0 spiro atoms. The number of rotatable bonds is 5. The van der Waals surface area contributed by atoms with Gasteiger partial charge in [0.05, 0.1) is 6.61 Å². The van der Waals surface area contributed by atoms with E-state index in [1.54, 1.807) is 13.8 Å². The van der Waals surface area contributed by atoms with Crippen LogP contribution < -0.4 is 9.47 Å². The van der Waals surface area contributed by atoms with Crippen LogP contribution in [0.4, 0.5) is 17.6 Å². The summed E-state index contributed by atoms with van der Waals surface area (Å²) in [6.45, 7) is 3.56. The van der Waals surface area contributed by atoms with E-state index in [4.69, 9.17) is 4.74 Å².